The van der Waals surface area contributed by atoms with Gasteiger partial charge in [0.05, 0.1) is 22.5 Å². The Kier molecular flexibility index (Phi) is 4.57. The molecule has 0 amide bonds. The van der Waals surface area contributed by atoms with Gasteiger partial charge in [-0.2, -0.15) is 5.26 Å². The number of H-pyrrole nitrogens is 1. The van der Waals surface area contributed by atoms with Crippen molar-refractivity contribution in [1.29, 1.82) is 5.26 Å². The minimum Gasteiger partial charge on any atom is -0.368 e. The summed E-state index contributed by atoms with van der Waals surface area (Å²) in [5.74, 6) is 0. The van der Waals surface area contributed by atoms with E-state index in [1.54, 1.807) is 6.07 Å². The standard InChI is InChI=1S/C25H25N5O/c1-4-17-12-19-22(13-21(17)29-9-7-27-8-10-29)30(15(2)3)25-23(24(19)31)18-6-5-16(14-26)11-20(18)28-25/h4-6,11-13,15,27-28H,1,7-10H2,2-3H3. The first-order chi connectivity index (χ1) is 15.0. The van der Waals surface area contributed by atoms with E-state index in [4.69, 9.17) is 0 Å². The van der Waals surface area contributed by atoms with Crippen LogP contribution in [0.25, 0.3) is 38.9 Å². The average molecular weight is 412 g/mol. The number of aromatic amines is 1. The molecule has 3 heterocycles. The molecular weight excluding hydrogens is 386 g/mol. The maximum absolute atomic E-state index is 13.7. The number of hydrogen-bond donors (Lipinski definition) is 2. The quantitative estimate of drug-likeness (QED) is 0.531. The molecule has 156 valence electrons. The highest BCUT2D eigenvalue weighted by molar-refractivity contribution is 6.10. The summed E-state index contributed by atoms with van der Waals surface area (Å²) in [6.07, 6.45) is 1.84. The van der Waals surface area contributed by atoms with E-state index in [2.05, 4.69) is 52.3 Å². The molecular formula is C25H25N5O. The van der Waals surface area contributed by atoms with Gasteiger partial charge in [0.1, 0.15) is 5.65 Å². The summed E-state index contributed by atoms with van der Waals surface area (Å²) in [7, 11) is 0. The summed E-state index contributed by atoms with van der Waals surface area (Å²) in [4.78, 5) is 19.5. The smallest absolute Gasteiger partial charge is 0.199 e. The van der Waals surface area contributed by atoms with Crippen LogP contribution in [-0.2, 0) is 0 Å². The summed E-state index contributed by atoms with van der Waals surface area (Å²) in [6.45, 7) is 12.0. The molecule has 1 aliphatic heterocycles. The fourth-order valence-electron chi connectivity index (χ4n) is 4.77. The summed E-state index contributed by atoms with van der Waals surface area (Å²) < 4.78 is 2.21. The van der Waals surface area contributed by atoms with Gasteiger partial charge in [-0.1, -0.05) is 18.7 Å². The normalized spacial score (nSPS) is 14.6. The molecule has 0 unspecified atom stereocenters. The van der Waals surface area contributed by atoms with Crippen molar-refractivity contribution in [3.05, 3.63) is 58.3 Å². The van der Waals surface area contributed by atoms with E-state index >= 15 is 0 Å². The van der Waals surface area contributed by atoms with Crippen molar-refractivity contribution >= 4 is 44.6 Å². The van der Waals surface area contributed by atoms with Crippen LogP contribution in [0, 0.1) is 11.3 Å². The first-order valence-electron chi connectivity index (χ1n) is 10.7. The van der Waals surface area contributed by atoms with Gasteiger partial charge in [0.25, 0.3) is 0 Å². The Morgan fingerprint density at radius 1 is 1.16 bits per heavy atom. The molecule has 0 saturated carbocycles. The van der Waals surface area contributed by atoms with Gasteiger partial charge in [-0.25, -0.2) is 0 Å². The van der Waals surface area contributed by atoms with E-state index in [0.29, 0.717) is 16.3 Å². The Labute approximate surface area is 180 Å². The fraction of sp³-hybridized carbons (Fsp3) is 0.280. The van der Waals surface area contributed by atoms with Crippen LogP contribution in [0.4, 0.5) is 5.69 Å². The van der Waals surface area contributed by atoms with Crippen LogP contribution in [0.3, 0.4) is 0 Å². The van der Waals surface area contributed by atoms with Crippen LogP contribution < -0.4 is 15.6 Å². The number of pyridine rings is 1. The molecule has 2 aromatic carbocycles. The van der Waals surface area contributed by atoms with Gasteiger partial charge in [-0.3, -0.25) is 4.79 Å². The van der Waals surface area contributed by atoms with Gasteiger partial charge < -0.3 is 19.8 Å². The number of aromatic nitrogens is 2. The Morgan fingerprint density at radius 2 is 1.94 bits per heavy atom. The number of benzene rings is 2. The molecule has 1 aliphatic rings. The summed E-state index contributed by atoms with van der Waals surface area (Å²) >= 11 is 0. The highest BCUT2D eigenvalue weighted by atomic mass is 16.1. The van der Waals surface area contributed by atoms with E-state index in [1.807, 2.05) is 24.3 Å². The Hall–Kier alpha value is -3.56. The van der Waals surface area contributed by atoms with Crippen LogP contribution in [-0.4, -0.2) is 35.7 Å². The van der Waals surface area contributed by atoms with Crippen molar-refractivity contribution in [2.45, 2.75) is 19.9 Å². The summed E-state index contributed by atoms with van der Waals surface area (Å²) in [6, 6.07) is 11.9. The lowest BCUT2D eigenvalue weighted by Crippen LogP contribution is -2.43. The molecule has 0 atom stereocenters. The molecule has 0 aliphatic carbocycles. The molecule has 0 bridgehead atoms. The van der Waals surface area contributed by atoms with Crippen LogP contribution in [0.1, 0.15) is 31.0 Å². The second kappa shape index (κ2) is 7.29. The second-order valence-electron chi connectivity index (χ2n) is 8.38. The maximum Gasteiger partial charge on any atom is 0.199 e. The zero-order valence-electron chi connectivity index (χ0n) is 17.8. The maximum atomic E-state index is 13.7. The Morgan fingerprint density at radius 3 is 2.61 bits per heavy atom. The van der Waals surface area contributed by atoms with Crippen molar-refractivity contribution in [3.63, 3.8) is 0 Å². The van der Waals surface area contributed by atoms with Gasteiger partial charge in [0.2, 0.25) is 0 Å². The van der Waals surface area contributed by atoms with Crippen LogP contribution >= 0.6 is 0 Å². The highest BCUT2D eigenvalue weighted by Gasteiger charge is 2.21. The zero-order valence-corrected chi connectivity index (χ0v) is 17.8. The van der Waals surface area contributed by atoms with Crippen LogP contribution in [0.2, 0.25) is 0 Å². The van der Waals surface area contributed by atoms with E-state index in [0.717, 1.165) is 59.5 Å². The fourth-order valence-corrected chi connectivity index (χ4v) is 4.77. The zero-order chi connectivity index (χ0) is 21.7. The van der Waals surface area contributed by atoms with Gasteiger partial charge in [-0.05, 0) is 43.7 Å². The molecule has 0 spiro atoms. The molecule has 4 aromatic rings. The summed E-state index contributed by atoms with van der Waals surface area (Å²) in [5.41, 5.74) is 5.19. The van der Waals surface area contributed by atoms with Gasteiger partial charge in [0.15, 0.2) is 5.43 Å². The lowest BCUT2D eigenvalue weighted by Gasteiger charge is -2.31. The van der Waals surface area contributed by atoms with Crippen molar-refractivity contribution in [1.82, 2.24) is 14.9 Å². The molecule has 1 fully saturated rings. The molecule has 5 rings (SSSR count). The lowest BCUT2D eigenvalue weighted by atomic mass is 10.0. The molecule has 0 radical (unpaired) electrons. The third-order valence-electron chi connectivity index (χ3n) is 6.22. The minimum absolute atomic E-state index is 0.00724. The number of nitriles is 1. The number of nitrogens with one attached hydrogen (secondary N) is 2. The SMILES string of the molecule is C=Cc1cc2c(=O)c3c4ccc(C#N)cc4[nH]c3n(C(C)C)c2cc1N1CCNCC1. The highest BCUT2D eigenvalue weighted by Crippen LogP contribution is 2.33. The number of anilines is 1. The first-order valence-corrected chi connectivity index (χ1v) is 10.7. The molecule has 6 heteroatoms. The topological polar surface area (TPSA) is 76.8 Å². The Balaban J connectivity index is 1.92. The van der Waals surface area contributed by atoms with E-state index in [9.17, 15) is 10.1 Å². The van der Waals surface area contributed by atoms with Crippen molar-refractivity contribution in [3.8, 4) is 6.07 Å². The largest absolute Gasteiger partial charge is 0.368 e. The number of hydrogen-bond acceptors (Lipinski definition) is 4. The molecule has 31 heavy (non-hydrogen) atoms. The van der Waals surface area contributed by atoms with Crippen LogP contribution in [0.15, 0.2) is 41.7 Å². The number of piperazine rings is 1. The molecule has 6 nitrogen and oxygen atoms in total. The lowest BCUT2D eigenvalue weighted by molar-refractivity contribution is 0.589. The van der Waals surface area contributed by atoms with E-state index in [-0.39, 0.29) is 11.5 Å². The minimum atomic E-state index is 0.00724. The van der Waals surface area contributed by atoms with Crippen molar-refractivity contribution in [2.24, 2.45) is 0 Å². The van der Waals surface area contributed by atoms with Gasteiger partial charge in [0, 0.05) is 54.2 Å². The predicted molar refractivity (Wildman–Crippen MR) is 128 cm³/mol. The third kappa shape index (κ3) is 2.93. The van der Waals surface area contributed by atoms with Gasteiger partial charge >= 0.3 is 0 Å². The van der Waals surface area contributed by atoms with E-state index in [1.165, 1.54) is 0 Å². The van der Waals surface area contributed by atoms with E-state index < -0.39 is 0 Å². The van der Waals surface area contributed by atoms with Crippen LogP contribution in [0.5, 0.6) is 0 Å². The molecule has 1 saturated heterocycles. The third-order valence-corrected chi connectivity index (χ3v) is 6.22. The second-order valence-corrected chi connectivity index (χ2v) is 8.38. The molecule has 2 N–H and O–H groups in total. The molecule has 2 aromatic heterocycles. The number of nitrogens with zero attached hydrogens (tertiary/aromatic N) is 3. The monoisotopic (exact) mass is 411 g/mol. The van der Waals surface area contributed by atoms with Gasteiger partial charge in [-0.15, -0.1) is 0 Å². The number of rotatable bonds is 3. The Bertz CT molecular complexity index is 1440. The van der Waals surface area contributed by atoms with Crippen molar-refractivity contribution in [2.75, 3.05) is 31.1 Å². The number of fused-ring (bicyclic) bond motifs is 4. The average Bonchev–Trinajstić information content (AvgIpc) is 3.17. The van der Waals surface area contributed by atoms with Crippen molar-refractivity contribution < 1.29 is 0 Å². The first kappa shape index (κ1) is 19.4. The summed E-state index contributed by atoms with van der Waals surface area (Å²) in [5, 5.41) is 14.9. The predicted octanol–water partition coefficient (Wildman–Crippen LogP) is 4.14.